The summed E-state index contributed by atoms with van der Waals surface area (Å²) in [5.41, 5.74) is 2.75. The molecule has 4 aromatic rings. The fourth-order valence-electron chi connectivity index (χ4n) is 5.87. The van der Waals surface area contributed by atoms with E-state index >= 15 is 0 Å². The third-order valence-corrected chi connectivity index (χ3v) is 11.1. The first-order chi connectivity index (χ1) is 23.0. The van der Waals surface area contributed by atoms with Crippen LogP contribution < -0.4 is 14.4 Å². The second-order valence-electron chi connectivity index (χ2n) is 12.0. The molecule has 252 valence electrons. The molecule has 11 heteroatoms. The van der Waals surface area contributed by atoms with Crippen molar-refractivity contribution in [3.63, 3.8) is 0 Å². The minimum Gasteiger partial charge on any atom is -0.497 e. The van der Waals surface area contributed by atoms with Gasteiger partial charge in [-0.25, -0.2) is 8.42 Å². The highest BCUT2D eigenvalue weighted by molar-refractivity contribution is 7.92. The molecule has 0 aliphatic heterocycles. The van der Waals surface area contributed by atoms with Gasteiger partial charge < -0.3 is 15.0 Å². The summed E-state index contributed by atoms with van der Waals surface area (Å²) >= 11 is 12.6. The van der Waals surface area contributed by atoms with Crippen LogP contribution in [0.5, 0.6) is 5.75 Å². The Morgan fingerprint density at radius 1 is 0.875 bits per heavy atom. The fraction of sp³-hybridized carbons (Fsp3) is 0.297. The highest BCUT2D eigenvalue weighted by Crippen LogP contribution is 2.28. The number of amides is 2. The van der Waals surface area contributed by atoms with E-state index in [-0.39, 0.29) is 29.8 Å². The first-order valence-electron chi connectivity index (χ1n) is 15.9. The van der Waals surface area contributed by atoms with Crippen molar-refractivity contribution < 1.29 is 22.7 Å². The minimum absolute atomic E-state index is 0.00433. The second-order valence-corrected chi connectivity index (χ2v) is 14.7. The van der Waals surface area contributed by atoms with Gasteiger partial charge in [-0.1, -0.05) is 90.1 Å². The van der Waals surface area contributed by atoms with E-state index in [1.807, 2.05) is 37.3 Å². The number of nitrogens with one attached hydrogen (secondary N) is 1. The molecule has 1 aliphatic rings. The van der Waals surface area contributed by atoms with Crippen molar-refractivity contribution in [3.05, 3.63) is 124 Å². The molecule has 1 unspecified atom stereocenters. The molecule has 5 rings (SSSR count). The summed E-state index contributed by atoms with van der Waals surface area (Å²) in [4.78, 5) is 30.3. The van der Waals surface area contributed by atoms with Crippen LogP contribution in [0.15, 0.2) is 102 Å². The highest BCUT2D eigenvalue weighted by Gasteiger charge is 2.35. The van der Waals surface area contributed by atoms with E-state index in [0.29, 0.717) is 27.0 Å². The van der Waals surface area contributed by atoms with E-state index in [2.05, 4.69) is 5.32 Å². The monoisotopic (exact) mass is 707 g/mol. The topological polar surface area (TPSA) is 96.0 Å². The standard InChI is InChI=1S/C37H39Cl2N3O5S/c1-26-12-15-30(16-13-26)42(48(45,46)32-19-17-31(47-2)18-20-32)25-36(43)41(24-28-14-21-33(38)34(39)22-28)35(23-27-8-4-3-5-9-27)37(44)40-29-10-6-7-11-29/h3-5,8-9,12-22,29,35H,6-7,10-11,23-25H2,1-2H3,(H,40,44). The SMILES string of the molecule is COc1ccc(S(=O)(=O)N(CC(=O)N(Cc2ccc(Cl)c(Cl)c2)C(Cc2ccccc2)C(=O)NC2CCCC2)c2ccc(C)cc2)cc1. The van der Waals surface area contributed by atoms with Gasteiger partial charge in [0.1, 0.15) is 18.3 Å². The van der Waals surface area contributed by atoms with Crippen LogP contribution in [0, 0.1) is 6.92 Å². The molecule has 48 heavy (non-hydrogen) atoms. The molecule has 1 saturated carbocycles. The minimum atomic E-state index is -4.24. The van der Waals surface area contributed by atoms with Crippen LogP contribution in [-0.4, -0.2) is 50.9 Å². The summed E-state index contributed by atoms with van der Waals surface area (Å²) in [6, 6.07) is 26.5. The third kappa shape index (κ3) is 8.69. The molecular weight excluding hydrogens is 669 g/mol. The quantitative estimate of drug-likeness (QED) is 0.159. The predicted molar refractivity (Wildman–Crippen MR) is 190 cm³/mol. The lowest BCUT2D eigenvalue weighted by Crippen LogP contribution is -2.54. The van der Waals surface area contributed by atoms with E-state index in [4.69, 9.17) is 27.9 Å². The fourth-order valence-corrected chi connectivity index (χ4v) is 7.61. The molecular formula is C37H39Cl2N3O5S. The van der Waals surface area contributed by atoms with Crippen LogP contribution >= 0.6 is 23.2 Å². The van der Waals surface area contributed by atoms with Crippen molar-refractivity contribution >= 4 is 50.7 Å². The van der Waals surface area contributed by atoms with Crippen LogP contribution in [0.3, 0.4) is 0 Å². The maximum Gasteiger partial charge on any atom is 0.264 e. The van der Waals surface area contributed by atoms with Crippen molar-refractivity contribution in [3.8, 4) is 5.75 Å². The highest BCUT2D eigenvalue weighted by atomic mass is 35.5. The van der Waals surface area contributed by atoms with E-state index in [1.54, 1.807) is 54.6 Å². The number of rotatable bonds is 13. The van der Waals surface area contributed by atoms with Gasteiger partial charge in [0.25, 0.3) is 10.0 Å². The number of ether oxygens (including phenoxy) is 1. The Bertz CT molecular complexity index is 1810. The predicted octanol–water partition coefficient (Wildman–Crippen LogP) is 7.20. The van der Waals surface area contributed by atoms with E-state index in [1.165, 1.54) is 24.1 Å². The lowest BCUT2D eigenvalue weighted by Gasteiger charge is -2.34. The van der Waals surface area contributed by atoms with Gasteiger partial charge in [0.2, 0.25) is 11.8 Å². The smallest absolute Gasteiger partial charge is 0.264 e. The van der Waals surface area contributed by atoms with Crippen LogP contribution in [0.25, 0.3) is 0 Å². The molecule has 1 N–H and O–H groups in total. The average Bonchev–Trinajstić information content (AvgIpc) is 3.60. The van der Waals surface area contributed by atoms with Gasteiger partial charge in [-0.3, -0.25) is 13.9 Å². The molecule has 1 aliphatic carbocycles. The number of methoxy groups -OCH3 is 1. The number of benzene rings is 4. The van der Waals surface area contributed by atoms with Crippen molar-refractivity contribution in [2.45, 2.75) is 62.6 Å². The number of nitrogens with zero attached hydrogens (tertiary/aromatic N) is 2. The molecule has 4 aromatic carbocycles. The maximum absolute atomic E-state index is 14.7. The number of sulfonamides is 1. The second kappa shape index (κ2) is 15.9. The summed E-state index contributed by atoms with van der Waals surface area (Å²) in [5.74, 6) is -0.350. The molecule has 0 bridgehead atoms. The van der Waals surface area contributed by atoms with Crippen LogP contribution in [-0.2, 0) is 32.6 Å². The van der Waals surface area contributed by atoms with Gasteiger partial charge in [-0.05, 0) is 79.4 Å². The molecule has 1 atom stereocenters. The summed E-state index contributed by atoms with van der Waals surface area (Å²) in [5, 5.41) is 3.84. The Balaban J connectivity index is 1.57. The van der Waals surface area contributed by atoms with Crippen LogP contribution in [0.1, 0.15) is 42.4 Å². The Morgan fingerprint density at radius 3 is 2.17 bits per heavy atom. The number of carbonyl (C=O) groups is 2. The summed E-state index contributed by atoms with van der Waals surface area (Å²) < 4.78 is 34.8. The average molecular weight is 709 g/mol. The lowest BCUT2D eigenvalue weighted by molar-refractivity contribution is -0.140. The first-order valence-corrected chi connectivity index (χ1v) is 18.1. The van der Waals surface area contributed by atoms with Gasteiger partial charge in [0.05, 0.1) is 27.7 Å². The Hall–Kier alpha value is -4.05. The van der Waals surface area contributed by atoms with Crippen molar-refractivity contribution in [2.24, 2.45) is 0 Å². The van der Waals surface area contributed by atoms with Gasteiger partial charge in [0, 0.05) is 19.0 Å². The van der Waals surface area contributed by atoms with Gasteiger partial charge in [0.15, 0.2) is 0 Å². The maximum atomic E-state index is 14.7. The molecule has 2 amide bonds. The number of halogens is 2. The Morgan fingerprint density at radius 2 is 1.54 bits per heavy atom. The normalized spacial score (nSPS) is 13.9. The summed E-state index contributed by atoms with van der Waals surface area (Å²) in [6.07, 6.45) is 4.00. The van der Waals surface area contributed by atoms with Gasteiger partial charge in [-0.15, -0.1) is 0 Å². The Kier molecular flexibility index (Phi) is 11.7. The molecule has 1 fully saturated rings. The van der Waals surface area contributed by atoms with E-state index < -0.39 is 28.5 Å². The van der Waals surface area contributed by atoms with E-state index in [0.717, 1.165) is 41.1 Å². The number of anilines is 1. The Labute approximate surface area is 292 Å². The molecule has 8 nitrogen and oxygen atoms in total. The number of hydrogen-bond donors (Lipinski definition) is 1. The van der Waals surface area contributed by atoms with Crippen molar-refractivity contribution in [1.29, 1.82) is 0 Å². The van der Waals surface area contributed by atoms with Crippen molar-refractivity contribution in [1.82, 2.24) is 10.2 Å². The molecule has 0 spiro atoms. The lowest BCUT2D eigenvalue weighted by atomic mass is 10.0. The molecule has 0 radical (unpaired) electrons. The van der Waals surface area contributed by atoms with Gasteiger partial charge in [-0.2, -0.15) is 0 Å². The largest absolute Gasteiger partial charge is 0.497 e. The zero-order valence-corrected chi connectivity index (χ0v) is 29.3. The molecule has 0 heterocycles. The number of aryl methyl sites for hydroxylation is 1. The molecule has 0 aromatic heterocycles. The number of carbonyl (C=O) groups excluding carboxylic acids is 2. The summed E-state index contributed by atoms with van der Waals surface area (Å²) in [6.45, 7) is 1.34. The molecule has 0 saturated heterocycles. The zero-order chi connectivity index (χ0) is 34.3. The van der Waals surface area contributed by atoms with Crippen LogP contribution in [0.4, 0.5) is 5.69 Å². The van der Waals surface area contributed by atoms with E-state index in [9.17, 15) is 18.0 Å². The van der Waals surface area contributed by atoms with Crippen molar-refractivity contribution in [2.75, 3.05) is 18.0 Å². The summed E-state index contributed by atoms with van der Waals surface area (Å²) in [7, 11) is -2.74. The first kappa shape index (κ1) is 35.3. The van der Waals surface area contributed by atoms with Gasteiger partial charge >= 0.3 is 0 Å². The zero-order valence-electron chi connectivity index (χ0n) is 26.9. The van der Waals surface area contributed by atoms with Crippen LogP contribution in [0.2, 0.25) is 10.0 Å². The third-order valence-electron chi connectivity index (χ3n) is 8.56. The number of hydrogen-bond acceptors (Lipinski definition) is 5.